The van der Waals surface area contributed by atoms with Gasteiger partial charge in [-0.05, 0) is 42.8 Å². The van der Waals surface area contributed by atoms with Gasteiger partial charge in [0.05, 0.1) is 5.71 Å². The quantitative estimate of drug-likeness (QED) is 0.654. The largest absolute Gasteiger partial charge is 0.326 e. The monoisotopic (exact) mass is 321 g/mol. The number of hydrazone groups is 1. The van der Waals surface area contributed by atoms with Gasteiger partial charge in [0.1, 0.15) is 0 Å². The molecule has 0 heterocycles. The lowest BCUT2D eigenvalue weighted by molar-refractivity contribution is -0.114. The second kappa shape index (κ2) is 8.43. The van der Waals surface area contributed by atoms with Gasteiger partial charge < -0.3 is 5.32 Å². The molecule has 0 bridgehead atoms. The molecule has 0 aliphatic rings. The maximum Gasteiger partial charge on any atom is 0.271 e. The van der Waals surface area contributed by atoms with E-state index in [0.717, 1.165) is 5.56 Å². The molecule has 0 aliphatic heterocycles. The lowest BCUT2D eigenvalue weighted by Crippen LogP contribution is -2.18. The average Bonchev–Trinajstić information content (AvgIpc) is 2.59. The van der Waals surface area contributed by atoms with Crippen LogP contribution in [0.5, 0.6) is 0 Å². The maximum atomic E-state index is 12.0. The fourth-order valence-corrected chi connectivity index (χ4v) is 1.93. The van der Waals surface area contributed by atoms with E-state index in [0.29, 0.717) is 17.0 Å². The van der Waals surface area contributed by atoms with E-state index in [1.165, 1.54) is 6.92 Å². The standard InChI is InChI=1S/C19H19N3O2/c1-14(8-9-16-6-4-3-5-7-16)21-22-19(24)17-10-12-18(13-11-17)20-15(2)23/h3-13H,1-2H3,(H,20,23)(H,22,24)/b9-8-,21-14+. The molecule has 2 rings (SSSR count). The van der Waals surface area contributed by atoms with Crippen LogP contribution in [-0.4, -0.2) is 17.5 Å². The molecule has 0 spiro atoms. The van der Waals surface area contributed by atoms with Crippen molar-refractivity contribution in [1.29, 1.82) is 0 Å². The minimum Gasteiger partial charge on any atom is -0.326 e. The molecule has 122 valence electrons. The molecule has 2 aromatic rings. The van der Waals surface area contributed by atoms with E-state index in [9.17, 15) is 9.59 Å². The number of carbonyl (C=O) groups excluding carboxylic acids is 2. The van der Waals surface area contributed by atoms with Gasteiger partial charge in [-0.2, -0.15) is 5.10 Å². The molecule has 0 fully saturated rings. The van der Waals surface area contributed by atoms with E-state index in [2.05, 4.69) is 15.8 Å². The molecule has 0 saturated heterocycles. The van der Waals surface area contributed by atoms with Crippen molar-refractivity contribution >= 4 is 29.3 Å². The number of allylic oxidation sites excluding steroid dienone is 1. The van der Waals surface area contributed by atoms with Crippen LogP contribution >= 0.6 is 0 Å². The summed E-state index contributed by atoms with van der Waals surface area (Å²) in [6, 6.07) is 16.4. The Bertz CT molecular complexity index is 763. The highest BCUT2D eigenvalue weighted by Gasteiger charge is 2.04. The Morgan fingerprint density at radius 2 is 1.62 bits per heavy atom. The first-order chi connectivity index (χ1) is 11.5. The normalized spacial score (nSPS) is 11.3. The first-order valence-corrected chi connectivity index (χ1v) is 7.50. The maximum absolute atomic E-state index is 12.0. The summed E-state index contributed by atoms with van der Waals surface area (Å²) in [6.45, 7) is 3.24. The van der Waals surface area contributed by atoms with Gasteiger partial charge >= 0.3 is 0 Å². The third-order valence-electron chi connectivity index (χ3n) is 3.12. The number of amides is 2. The summed E-state index contributed by atoms with van der Waals surface area (Å²) in [6.07, 6.45) is 3.75. The van der Waals surface area contributed by atoms with Crippen molar-refractivity contribution in [2.24, 2.45) is 5.10 Å². The Balaban J connectivity index is 1.94. The van der Waals surface area contributed by atoms with Crippen molar-refractivity contribution in [3.05, 3.63) is 71.8 Å². The van der Waals surface area contributed by atoms with Crippen LogP contribution in [0.2, 0.25) is 0 Å². The molecular weight excluding hydrogens is 302 g/mol. The first-order valence-electron chi connectivity index (χ1n) is 7.50. The van der Waals surface area contributed by atoms with Crippen molar-refractivity contribution in [2.45, 2.75) is 13.8 Å². The molecule has 0 atom stereocenters. The van der Waals surface area contributed by atoms with E-state index in [1.54, 1.807) is 31.2 Å². The number of anilines is 1. The summed E-state index contributed by atoms with van der Waals surface area (Å²) >= 11 is 0. The molecule has 0 aromatic heterocycles. The fraction of sp³-hybridized carbons (Fsp3) is 0.105. The van der Waals surface area contributed by atoms with E-state index < -0.39 is 0 Å². The molecule has 2 N–H and O–H groups in total. The van der Waals surface area contributed by atoms with Crippen LogP contribution in [0.1, 0.15) is 29.8 Å². The highest BCUT2D eigenvalue weighted by Crippen LogP contribution is 2.09. The third kappa shape index (κ3) is 5.53. The van der Waals surface area contributed by atoms with Gasteiger partial charge in [-0.1, -0.05) is 36.4 Å². The average molecular weight is 321 g/mol. The molecule has 0 radical (unpaired) electrons. The first kappa shape index (κ1) is 17.1. The highest BCUT2D eigenvalue weighted by atomic mass is 16.2. The molecule has 2 aromatic carbocycles. The van der Waals surface area contributed by atoms with Crippen LogP contribution in [-0.2, 0) is 4.79 Å². The smallest absolute Gasteiger partial charge is 0.271 e. The summed E-state index contributed by atoms with van der Waals surface area (Å²) < 4.78 is 0. The molecule has 5 heteroatoms. The molecule has 5 nitrogen and oxygen atoms in total. The zero-order chi connectivity index (χ0) is 17.4. The van der Waals surface area contributed by atoms with Gasteiger partial charge in [-0.15, -0.1) is 0 Å². The number of nitrogens with one attached hydrogen (secondary N) is 2. The van der Waals surface area contributed by atoms with Gasteiger partial charge in [0.25, 0.3) is 5.91 Å². The summed E-state index contributed by atoms with van der Waals surface area (Å²) in [7, 11) is 0. The van der Waals surface area contributed by atoms with E-state index in [-0.39, 0.29) is 11.8 Å². The number of benzene rings is 2. The summed E-state index contributed by atoms with van der Waals surface area (Å²) in [5, 5.41) is 6.69. The Hall–Kier alpha value is -3.21. The summed E-state index contributed by atoms with van der Waals surface area (Å²) in [5.74, 6) is -0.463. The van der Waals surface area contributed by atoms with Gasteiger partial charge in [0, 0.05) is 18.2 Å². The number of nitrogens with zero attached hydrogens (tertiary/aromatic N) is 1. The summed E-state index contributed by atoms with van der Waals surface area (Å²) in [4.78, 5) is 23.0. The predicted molar refractivity (Wildman–Crippen MR) is 96.8 cm³/mol. The predicted octanol–water partition coefficient (Wildman–Crippen LogP) is 3.46. The highest BCUT2D eigenvalue weighted by molar-refractivity contribution is 5.99. The number of carbonyl (C=O) groups is 2. The van der Waals surface area contributed by atoms with Crippen LogP contribution in [0.4, 0.5) is 5.69 Å². The fourth-order valence-electron chi connectivity index (χ4n) is 1.93. The molecule has 0 aliphatic carbocycles. The molecule has 24 heavy (non-hydrogen) atoms. The second-order valence-electron chi connectivity index (χ2n) is 5.20. The van der Waals surface area contributed by atoms with Crippen molar-refractivity contribution in [3.8, 4) is 0 Å². The van der Waals surface area contributed by atoms with E-state index in [4.69, 9.17) is 0 Å². The van der Waals surface area contributed by atoms with Crippen molar-refractivity contribution in [1.82, 2.24) is 5.43 Å². The molecule has 2 amide bonds. The van der Waals surface area contributed by atoms with Gasteiger partial charge in [0.2, 0.25) is 5.91 Å². The lowest BCUT2D eigenvalue weighted by atomic mass is 10.2. The Morgan fingerprint density at radius 1 is 0.958 bits per heavy atom. The van der Waals surface area contributed by atoms with Crippen molar-refractivity contribution in [2.75, 3.05) is 5.32 Å². The second-order valence-corrected chi connectivity index (χ2v) is 5.20. The van der Waals surface area contributed by atoms with Crippen LogP contribution in [0.15, 0.2) is 65.8 Å². The van der Waals surface area contributed by atoms with Gasteiger partial charge in [0.15, 0.2) is 0 Å². The zero-order valence-corrected chi connectivity index (χ0v) is 13.6. The van der Waals surface area contributed by atoms with E-state index >= 15 is 0 Å². The zero-order valence-electron chi connectivity index (χ0n) is 13.6. The molecular formula is C19H19N3O2. The minimum atomic E-state index is -0.308. The number of hydrogen-bond donors (Lipinski definition) is 2. The molecule has 0 unspecified atom stereocenters. The van der Waals surface area contributed by atoms with Gasteiger partial charge in [-0.3, -0.25) is 9.59 Å². The van der Waals surface area contributed by atoms with Crippen molar-refractivity contribution < 1.29 is 9.59 Å². The number of hydrogen-bond acceptors (Lipinski definition) is 3. The van der Waals surface area contributed by atoms with Gasteiger partial charge in [-0.25, -0.2) is 5.43 Å². The minimum absolute atomic E-state index is 0.155. The Labute approximate surface area is 141 Å². The third-order valence-corrected chi connectivity index (χ3v) is 3.12. The van der Waals surface area contributed by atoms with Crippen LogP contribution < -0.4 is 10.7 Å². The van der Waals surface area contributed by atoms with E-state index in [1.807, 2.05) is 42.5 Å². The van der Waals surface area contributed by atoms with Crippen LogP contribution in [0.25, 0.3) is 6.08 Å². The number of rotatable bonds is 5. The van der Waals surface area contributed by atoms with Crippen molar-refractivity contribution in [3.63, 3.8) is 0 Å². The molecule has 0 saturated carbocycles. The Morgan fingerprint density at radius 3 is 2.25 bits per heavy atom. The topological polar surface area (TPSA) is 70.6 Å². The van der Waals surface area contributed by atoms with Crippen LogP contribution in [0, 0.1) is 0 Å². The SMILES string of the molecule is CC(=O)Nc1ccc(C(=O)N/N=C(C)/C=C\c2ccccc2)cc1. The summed E-state index contributed by atoms with van der Waals surface area (Å²) in [5.41, 5.74) is 5.36. The Kier molecular flexibility index (Phi) is 6.02. The van der Waals surface area contributed by atoms with Crippen LogP contribution in [0.3, 0.4) is 0 Å². The lowest BCUT2D eigenvalue weighted by Gasteiger charge is -2.04.